The Kier molecular flexibility index (Phi) is 6.57. The van der Waals surface area contributed by atoms with Gasteiger partial charge in [-0.05, 0) is 25.0 Å². The number of carbonyl (C=O) groups is 1. The van der Waals surface area contributed by atoms with E-state index in [0.717, 1.165) is 37.2 Å². The summed E-state index contributed by atoms with van der Waals surface area (Å²) in [6.07, 6.45) is 1.01. The Hall–Kier alpha value is -3.25. The van der Waals surface area contributed by atoms with Crippen LogP contribution in [0.15, 0.2) is 71.5 Å². The van der Waals surface area contributed by atoms with Crippen LogP contribution in [0.5, 0.6) is 0 Å². The predicted molar refractivity (Wildman–Crippen MR) is 122 cm³/mol. The molecule has 1 fully saturated rings. The lowest BCUT2D eigenvalue weighted by Crippen LogP contribution is -2.50. The first-order valence-corrected chi connectivity index (χ1v) is 10.8. The van der Waals surface area contributed by atoms with E-state index in [2.05, 4.69) is 34.3 Å². The van der Waals surface area contributed by atoms with Gasteiger partial charge in [0.05, 0.1) is 5.69 Å². The van der Waals surface area contributed by atoms with E-state index in [4.69, 9.17) is 0 Å². The molecule has 0 spiro atoms. The van der Waals surface area contributed by atoms with Crippen molar-refractivity contribution >= 4 is 5.91 Å². The minimum Gasteiger partial charge on any atom is -0.339 e. The van der Waals surface area contributed by atoms with E-state index in [9.17, 15) is 9.59 Å². The summed E-state index contributed by atoms with van der Waals surface area (Å²) in [7, 11) is 0. The first-order chi connectivity index (χ1) is 15.1. The first kappa shape index (κ1) is 21.0. The number of amides is 1. The second-order valence-electron chi connectivity index (χ2n) is 8.04. The molecule has 0 atom stereocenters. The smallest absolute Gasteiger partial charge is 0.267 e. The fourth-order valence-electron chi connectivity index (χ4n) is 3.82. The van der Waals surface area contributed by atoms with E-state index < -0.39 is 0 Å². The van der Waals surface area contributed by atoms with E-state index in [1.54, 1.807) is 6.07 Å². The lowest BCUT2D eigenvalue weighted by molar-refractivity contribution is -0.133. The number of aryl methyl sites for hydroxylation is 1. The first-order valence-electron chi connectivity index (χ1n) is 10.8. The highest BCUT2D eigenvalue weighted by Gasteiger charge is 2.21. The third kappa shape index (κ3) is 5.47. The van der Waals surface area contributed by atoms with E-state index >= 15 is 0 Å². The molecule has 0 radical (unpaired) electrons. The maximum atomic E-state index is 12.8. The van der Waals surface area contributed by atoms with Crippen LogP contribution in [0.2, 0.25) is 0 Å². The van der Waals surface area contributed by atoms with Gasteiger partial charge in [0.1, 0.15) is 6.54 Å². The Bertz CT molecular complexity index is 1070. The third-order valence-corrected chi connectivity index (χ3v) is 5.78. The highest BCUT2D eigenvalue weighted by atomic mass is 16.2. The number of piperazine rings is 1. The molecule has 1 saturated heterocycles. The number of benzene rings is 2. The van der Waals surface area contributed by atoms with Crippen LogP contribution in [0.1, 0.15) is 11.1 Å². The van der Waals surface area contributed by atoms with Gasteiger partial charge in [0.25, 0.3) is 5.56 Å². The molecular weight excluding hydrogens is 388 g/mol. The molecule has 1 aliphatic heterocycles. The summed E-state index contributed by atoms with van der Waals surface area (Å²) in [4.78, 5) is 29.3. The summed E-state index contributed by atoms with van der Waals surface area (Å²) in [6, 6.07) is 21.6. The number of hydrogen-bond acceptors (Lipinski definition) is 4. The maximum absolute atomic E-state index is 12.8. The van der Waals surface area contributed by atoms with Gasteiger partial charge in [-0.2, -0.15) is 5.10 Å². The summed E-state index contributed by atoms with van der Waals surface area (Å²) >= 11 is 0. The van der Waals surface area contributed by atoms with Crippen LogP contribution < -0.4 is 5.56 Å². The largest absolute Gasteiger partial charge is 0.339 e. The lowest BCUT2D eigenvalue weighted by atomic mass is 10.1. The SMILES string of the molecule is Cc1ccc(-c2ccc(=O)n(CC(=O)N3CCN(CCc4ccccc4)CC3)n2)cc1. The molecule has 1 aromatic heterocycles. The topological polar surface area (TPSA) is 58.4 Å². The average molecular weight is 417 g/mol. The number of hydrogen-bond donors (Lipinski definition) is 0. The monoisotopic (exact) mass is 416 g/mol. The summed E-state index contributed by atoms with van der Waals surface area (Å²) in [5.74, 6) is -0.0571. The summed E-state index contributed by atoms with van der Waals surface area (Å²) in [6.45, 7) is 6.06. The Morgan fingerprint density at radius 2 is 1.61 bits per heavy atom. The van der Waals surface area contributed by atoms with E-state index in [1.165, 1.54) is 16.3 Å². The zero-order valence-corrected chi connectivity index (χ0v) is 17.9. The van der Waals surface area contributed by atoms with Gasteiger partial charge in [-0.1, -0.05) is 60.2 Å². The molecule has 0 bridgehead atoms. The van der Waals surface area contributed by atoms with Gasteiger partial charge in [-0.15, -0.1) is 0 Å². The van der Waals surface area contributed by atoms with E-state index in [0.29, 0.717) is 18.8 Å². The fraction of sp³-hybridized carbons (Fsp3) is 0.320. The van der Waals surface area contributed by atoms with Crippen molar-refractivity contribution in [2.24, 2.45) is 0 Å². The minimum absolute atomic E-state index is 0.0252. The van der Waals surface area contributed by atoms with Gasteiger partial charge < -0.3 is 4.90 Å². The van der Waals surface area contributed by atoms with Crippen LogP contribution >= 0.6 is 0 Å². The molecule has 2 heterocycles. The van der Waals surface area contributed by atoms with Gasteiger partial charge in [-0.3, -0.25) is 14.5 Å². The van der Waals surface area contributed by atoms with Crippen molar-refractivity contribution in [2.45, 2.75) is 19.9 Å². The van der Waals surface area contributed by atoms with Crippen LogP contribution in [0.4, 0.5) is 0 Å². The third-order valence-electron chi connectivity index (χ3n) is 5.78. The zero-order chi connectivity index (χ0) is 21.6. The van der Waals surface area contributed by atoms with E-state index in [-0.39, 0.29) is 18.0 Å². The van der Waals surface area contributed by atoms with Crippen LogP contribution in [-0.2, 0) is 17.8 Å². The van der Waals surface area contributed by atoms with Crippen molar-refractivity contribution in [3.05, 3.63) is 88.2 Å². The quantitative estimate of drug-likeness (QED) is 0.620. The molecule has 3 aromatic rings. The van der Waals surface area contributed by atoms with Gasteiger partial charge in [0.2, 0.25) is 5.91 Å². The van der Waals surface area contributed by atoms with Crippen molar-refractivity contribution < 1.29 is 4.79 Å². The normalized spacial score (nSPS) is 14.5. The highest BCUT2D eigenvalue weighted by Crippen LogP contribution is 2.16. The number of aromatic nitrogens is 2. The van der Waals surface area contributed by atoms with Crippen molar-refractivity contribution in [2.75, 3.05) is 32.7 Å². The van der Waals surface area contributed by atoms with Gasteiger partial charge in [0.15, 0.2) is 0 Å². The minimum atomic E-state index is -0.259. The fourth-order valence-corrected chi connectivity index (χ4v) is 3.82. The Morgan fingerprint density at radius 1 is 0.903 bits per heavy atom. The molecule has 6 heteroatoms. The molecule has 0 unspecified atom stereocenters. The van der Waals surface area contributed by atoms with Gasteiger partial charge in [-0.25, -0.2) is 4.68 Å². The molecule has 0 saturated carbocycles. The van der Waals surface area contributed by atoms with Crippen molar-refractivity contribution in [1.82, 2.24) is 19.6 Å². The number of nitrogens with zero attached hydrogens (tertiary/aromatic N) is 4. The van der Waals surface area contributed by atoms with Crippen molar-refractivity contribution in [3.8, 4) is 11.3 Å². The molecule has 160 valence electrons. The molecule has 6 nitrogen and oxygen atoms in total. The van der Waals surface area contributed by atoms with Crippen LogP contribution in [0.25, 0.3) is 11.3 Å². The number of rotatable bonds is 6. The summed E-state index contributed by atoms with van der Waals surface area (Å²) in [5, 5.41) is 4.43. The maximum Gasteiger partial charge on any atom is 0.267 e. The van der Waals surface area contributed by atoms with Gasteiger partial charge >= 0.3 is 0 Å². The molecule has 2 aromatic carbocycles. The Morgan fingerprint density at radius 3 is 2.32 bits per heavy atom. The second kappa shape index (κ2) is 9.71. The van der Waals surface area contributed by atoms with Crippen LogP contribution in [0.3, 0.4) is 0 Å². The van der Waals surface area contributed by atoms with Crippen LogP contribution in [0, 0.1) is 6.92 Å². The Balaban J connectivity index is 1.33. The molecule has 4 rings (SSSR count). The second-order valence-corrected chi connectivity index (χ2v) is 8.04. The Labute approximate surface area is 182 Å². The molecule has 31 heavy (non-hydrogen) atoms. The highest BCUT2D eigenvalue weighted by molar-refractivity contribution is 5.76. The average Bonchev–Trinajstić information content (AvgIpc) is 2.81. The molecule has 0 aliphatic carbocycles. The molecular formula is C25H28N4O2. The van der Waals surface area contributed by atoms with Gasteiger partial charge in [0, 0.05) is 44.4 Å². The molecule has 0 N–H and O–H groups in total. The standard InChI is InChI=1S/C25H28N4O2/c1-20-7-9-22(10-8-20)23-11-12-24(30)29(26-23)19-25(31)28-17-15-27(16-18-28)14-13-21-5-3-2-4-6-21/h2-12H,13-19H2,1H3. The summed E-state index contributed by atoms with van der Waals surface area (Å²) in [5.41, 5.74) is 3.86. The number of carbonyl (C=O) groups excluding carboxylic acids is 1. The zero-order valence-electron chi connectivity index (χ0n) is 17.9. The van der Waals surface area contributed by atoms with Crippen molar-refractivity contribution in [3.63, 3.8) is 0 Å². The molecule has 1 amide bonds. The van der Waals surface area contributed by atoms with E-state index in [1.807, 2.05) is 42.2 Å². The van der Waals surface area contributed by atoms with Crippen LogP contribution in [-0.4, -0.2) is 58.2 Å². The van der Waals surface area contributed by atoms with Crippen molar-refractivity contribution in [1.29, 1.82) is 0 Å². The lowest BCUT2D eigenvalue weighted by Gasteiger charge is -2.34. The predicted octanol–water partition coefficient (Wildman–Crippen LogP) is 2.61. The molecule has 1 aliphatic rings. The summed E-state index contributed by atoms with van der Waals surface area (Å²) < 4.78 is 1.28.